The zero-order valence-electron chi connectivity index (χ0n) is 14.6. The number of hydrogen-bond donors (Lipinski definition) is 3. The van der Waals surface area contributed by atoms with Crippen LogP contribution < -0.4 is 15.4 Å². The molecule has 6 heteroatoms. The molecule has 3 N–H and O–H groups in total. The van der Waals surface area contributed by atoms with E-state index in [1.54, 1.807) is 7.11 Å². The fourth-order valence-electron chi connectivity index (χ4n) is 4.10. The summed E-state index contributed by atoms with van der Waals surface area (Å²) in [6, 6.07) is 7.06. The fourth-order valence-corrected chi connectivity index (χ4v) is 4.10. The van der Waals surface area contributed by atoms with Gasteiger partial charge in [0, 0.05) is 12.0 Å². The minimum atomic E-state index is -0.890. The molecule has 3 rings (SSSR count). The molecule has 1 aromatic carbocycles. The molecule has 1 saturated carbocycles. The molecule has 0 bridgehead atoms. The Kier molecular flexibility index (Phi) is 5.27. The molecule has 136 valence electrons. The quantitative estimate of drug-likeness (QED) is 0.731. The second-order valence-corrected chi connectivity index (χ2v) is 7.12. The van der Waals surface area contributed by atoms with Gasteiger partial charge in [0.05, 0.1) is 13.2 Å². The van der Waals surface area contributed by atoms with Crippen molar-refractivity contribution in [3.8, 4) is 5.75 Å². The Morgan fingerprint density at radius 1 is 1.28 bits per heavy atom. The lowest BCUT2D eigenvalue weighted by atomic mass is 9.78. The first-order chi connectivity index (χ1) is 12.0. The Hall–Kier alpha value is -2.08. The second kappa shape index (κ2) is 7.44. The van der Waals surface area contributed by atoms with Crippen LogP contribution in [-0.4, -0.2) is 42.7 Å². The van der Waals surface area contributed by atoms with Crippen LogP contribution in [-0.2, 0) is 15.0 Å². The van der Waals surface area contributed by atoms with Crippen molar-refractivity contribution in [2.45, 2.75) is 56.0 Å². The van der Waals surface area contributed by atoms with E-state index >= 15 is 0 Å². The van der Waals surface area contributed by atoms with Crippen molar-refractivity contribution >= 4 is 11.9 Å². The number of methoxy groups -OCH3 is 1. The van der Waals surface area contributed by atoms with Crippen molar-refractivity contribution in [2.75, 3.05) is 13.7 Å². The van der Waals surface area contributed by atoms with Crippen LogP contribution in [0.5, 0.6) is 5.75 Å². The Morgan fingerprint density at radius 3 is 2.64 bits per heavy atom. The zero-order valence-corrected chi connectivity index (χ0v) is 14.6. The molecule has 1 saturated heterocycles. The van der Waals surface area contributed by atoms with E-state index in [0.29, 0.717) is 19.4 Å². The minimum Gasteiger partial charge on any atom is -0.497 e. The van der Waals surface area contributed by atoms with E-state index in [-0.39, 0.29) is 11.3 Å². The van der Waals surface area contributed by atoms with Gasteiger partial charge in [0.15, 0.2) is 0 Å². The largest absolute Gasteiger partial charge is 0.497 e. The van der Waals surface area contributed by atoms with Crippen LogP contribution in [0.3, 0.4) is 0 Å². The van der Waals surface area contributed by atoms with Crippen molar-refractivity contribution in [3.05, 3.63) is 29.8 Å². The van der Waals surface area contributed by atoms with Crippen LogP contribution >= 0.6 is 0 Å². The first-order valence-corrected chi connectivity index (χ1v) is 8.95. The molecule has 1 aliphatic heterocycles. The van der Waals surface area contributed by atoms with Crippen molar-refractivity contribution in [1.29, 1.82) is 0 Å². The Balaban J connectivity index is 1.66. The maximum Gasteiger partial charge on any atom is 0.320 e. The summed E-state index contributed by atoms with van der Waals surface area (Å²) in [4.78, 5) is 23.5. The third-order valence-corrected chi connectivity index (χ3v) is 5.60. The smallest absolute Gasteiger partial charge is 0.320 e. The zero-order chi connectivity index (χ0) is 17.9. The highest BCUT2D eigenvalue weighted by Crippen LogP contribution is 2.41. The number of hydrogen-bond acceptors (Lipinski definition) is 4. The molecule has 2 fully saturated rings. The summed E-state index contributed by atoms with van der Waals surface area (Å²) in [5.41, 5.74) is 1.14. The van der Waals surface area contributed by atoms with Crippen molar-refractivity contribution < 1.29 is 19.4 Å². The van der Waals surface area contributed by atoms with E-state index in [2.05, 4.69) is 22.8 Å². The predicted octanol–water partition coefficient (Wildman–Crippen LogP) is 1.83. The molecule has 1 heterocycles. The lowest BCUT2D eigenvalue weighted by Gasteiger charge is -2.31. The number of ether oxygens (including phenoxy) is 1. The summed E-state index contributed by atoms with van der Waals surface area (Å²) in [6.45, 7) is 0.578. The summed E-state index contributed by atoms with van der Waals surface area (Å²) in [5, 5.41) is 15.0. The van der Waals surface area contributed by atoms with Crippen LogP contribution in [0.15, 0.2) is 24.3 Å². The molecule has 6 nitrogen and oxygen atoms in total. The molecular weight excluding hydrogens is 320 g/mol. The average Bonchev–Trinajstić information content (AvgIpc) is 3.30. The molecule has 0 spiro atoms. The molecule has 0 aromatic heterocycles. The van der Waals surface area contributed by atoms with Gasteiger partial charge in [0.2, 0.25) is 5.91 Å². The third kappa shape index (κ3) is 3.79. The monoisotopic (exact) mass is 346 g/mol. The van der Waals surface area contributed by atoms with E-state index in [1.165, 1.54) is 5.56 Å². The maximum absolute atomic E-state index is 12.5. The third-order valence-electron chi connectivity index (χ3n) is 5.60. The van der Waals surface area contributed by atoms with E-state index in [4.69, 9.17) is 9.84 Å². The van der Waals surface area contributed by atoms with E-state index in [0.717, 1.165) is 31.4 Å². The summed E-state index contributed by atoms with van der Waals surface area (Å²) in [5.74, 6) is -0.159. The van der Waals surface area contributed by atoms with Crippen molar-refractivity contribution in [2.24, 2.45) is 0 Å². The van der Waals surface area contributed by atoms with Gasteiger partial charge in [-0.05, 0) is 43.4 Å². The molecule has 1 amide bonds. The van der Waals surface area contributed by atoms with Gasteiger partial charge >= 0.3 is 5.97 Å². The Labute approximate surface area is 147 Å². The molecule has 1 aliphatic carbocycles. The van der Waals surface area contributed by atoms with Crippen LogP contribution in [0, 0.1) is 0 Å². The van der Waals surface area contributed by atoms with Gasteiger partial charge in [-0.15, -0.1) is 0 Å². The van der Waals surface area contributed by atoms with E-state index < -0.39 is 18.1 Å². The number of carboxylic acids is 1. The van der Waals surface area contributed by atoms with Crippen LogP contribution in [0.1, 0.15) is 44.1 Å². The van der Waals surface area contributed by atoms with Gasteiger partial charge < -0.3 is 15.2 Å². The lowest BCUT2D eigenvalue weighted by Crippen LogP contribution is -2.48. The Morgan fingerprint density at radius 2 is 2.00 bits per heavy atom. The first kappa shape index (κ1) is 17.7. The van der Waals surface area contributed by atoms with Crippen molar-refractivity contribution in [3.63, 3.8) is 0 Å². The molecule has 25 heavy (non-hydrogen) atoms. The van der Waals surface area contributed by atoms with Gasteiger partial charge in [-0.1, -0.05) is 25.0 Å². The number of nitrogens with one attached hydrogen (secondary N) is 2. The number of aliphatic carboxylic acids is 1. The summed E-state index contributed by atoms with van der Waals surface area (Å²) >= 11 is 0. The number of carbonyl (C=O) groups is 2. The van der Waals surface area contributed by atoms with E-state index in [1.807, 2.05) is 12.1 Å². The van der Waals surface area contributed by atoms with Gasteiger partial charge in [0.1, 0.15) is 11.8 Å². The standard InChI is InChI=1S/C19H26N2O4/c1-25-14-6-4-5-13(11-14)19(9-2-3-10-19)12-20-17(22)15-7-8-16(21-15)18(23)24/h4-6,11,15-16,21H,2-3,7-10,12H2,1H3,(H,20,22)(H,23,24)/t15-,16+/m1/s1. The lowest BCUT2D eigenvalue weighted by molar-refractivity contribution is -0.139. The normalized spacial score (nSPS) is 24.8. The highest BCUT2D eigenvalue weighted by atomic mass is 16.5. The number of benzene rings is 1. The second-order valence-electron chi connectivity index (χ2n) is 7.12. The highest BCUT2D eigenvalue weighted by molar-refractivity contribution is 5.84. The van der Waals surface area contributed by atoms with Crippen molar-refractivity contribution in [1.82, 2.24) is 10.6 Å². The summed E-state index contributed by atoms with van der Waals surface area (Å²) in [6.07, 6.45) is 5.43. The summed E-state index contributed by atoms with van der Waals surface area (Å²) in [7, 11) is 1.66. The Bertz CT molecular complexity index is 640. The van der Waals surface area contributed by atoms with Gasteiger partial charge in [-0.2, -0.15) is 0 Å². The first-order valence-electron chi connectivity index (χ1n) is 8.95. The average molecular weight is 346 g/mol. The van der Waals surface area contributed by atoms with Gasteiger partial charge in [-0.3, -0.25) is 14.9 Å². The molecular formula is C19H26N2O4. The van der Waals surface area contributed by atoms with Crippen LogP contribution in [0.2, 0.25) is 0 Å². The molecule has 0 radical (unpaired) electrons. The molecule has 0 unspecified atom stereocenters. The fraction of sp³-hybridized carbons (Fsp3) is 0.579. The number of carboxylic acid groups (broad SMARTS) is 1. The highest BCUT2D eigenvalue weighted by Gasteiger charge is 2.38. The number of rotatable bonds is 6. The van der Waals surface area contributed by atoms with Gasteiger partial charge in [-0.25, -0.2) is 0 Å². The van der Waals surface area contributed by atoms with Gasteiger partial charge in [0.25, 0.3) is 0 Å². The minimum absolute atomic E-state index is 0.0605. The topological polar surface area (TPSA) is 87.7 Å². The summed E-state index contributed by atoms with van der Waals surface area (Å²) < 4.78 is 5.35. The van der Waals surface area contributed by atoms with E-state index in [9.17, 15) is 9.59 Å². The SMILES string of the molecule is COc1cccc(C2(CNC(=O)[C@H]3CC[C@@H](C(=O)O)N3)CCCC2)c1. The molecule has 2 atom stereocenters. The predicted molar refractivity (Wildman–Crippen MR) is 93.7 cm³/mol. The van der Waals surface area contributed by atoms with Crippen LogP contribution in [0.4, 0.5) is 0 Å². The van der Waals surface area contributed by atoms with Crippen LogP contribution in [0.25, 0.3) is 0 Å². The number of amides is 1. The molecule has 1 aromatic rings. The maximum atomic E-state index is 12.5. The number of carbonyl (C=O) groups excluding carboxylic acids is 1. The molecule has 2 aliphatic rings.